The number of carbonyl (C=O) groups excluding carboxylic acids is 1. The average molecular weight is 251 g/mol. The monoisotopic (exact) mass is 251 g/mol. The lowest BCUT2D eigenvalue weighted by Gasteiger charge is -2.17. The van der Waals surface area contributed by atoms with Crippen LogP contribution in [0.4, 0.5) is 0 Å². The Labute approximate surface area is 106 Å². The van der Waals surface area contributed by atoms with Crippen LogP contribution in [0.5, 0.6) is 0 Å². The van der Waals surface area contributed by atoms with E-state index in [2.05, 4.69) is 5.10 Å². The number of nitrogens with zero attached hydrogens (tertiary/aromatic N) is 3. The maximum Gasteiger partial charge on any atom is 0.308 e. The van der Waals surface area contributed by atoms with Crippen LogP contribution < -0.4 is 0 Å². The van der Waals surface area contributed by atoms with Gasteiger partial charge in [0.25, 0.3) is 0 Å². The Morgan fingerprint density at radius 3 is 2.78 bits per heavy atom. The molecule has 1 heterocycles. The van der Waals surface area contributed by atoms with E-state index in [-0.39, 0.29) is 12.5 Å². The summed E-state index contributed by atoms with van der Waals surface area (Å²) in [7, 11) is 3.36. The molecule has 0 aliphatic rings. The number of aromatic nitrogens is 2. The highest BCUT2D eigenvalue weighted by Crippen LogP contribution is 2.02. The second-order valence-electron chi connectivity index (χ2n) is 4.17. The van der Waals surface area contributed by atoms with Gasteiger partial charge in [0.15, 0.2) is 0 Å². The molecular weight excluding hydrogens is 234 g/mol. The fraction of sp³-hybridized carbons (Fsp3) is 0.417. The minimum absolute atomic E-state index is 0.184. The molecule has 0 radical (unpaired) electrons. The molecule has 1 aromatic heterocycles. The number of carboxylic acid groups (broad SMARTS) is 1. The first-order valence-corrected chi connectivity index (χ1v) is 5.55. The summed E-state index contributed by atoms with van der Waals surface area (Å²) in [5, 5.41) is 12.7. The number of hydrogen-bond donors (Lipinski definition) is 1. The number of carbonyl (C=O) groups is 2. The van der Waals surface area contributed by atoms with Crippen LogP contribution in [0.2, 0.25) is 0 Å². The van der Waals surface area contributed by atoms with Gasteiger partial charge in [-0.25, -0.2) is 0 Å². The molecule has 0 fully saturated rings. The van der Waals surface area contributed by atoms with Crippen molar-refractivity contribution in [1.29, 1.82) is 0 Å². The van der Waals surface area contributed by atoms with Gasteiger partial charge in [0.1, 0.15) is 0 Å². The number of carboxylic acids is 1. The first kappa shape index (κ1) is 14.0. The Morgan fingerprint density at radius 1 is 1.61 bits per heavy atom. The maximum absolute atomic E-state index is 11.7. The van der Waals surface area contributed by atoms with Crippen molar-refractivity contribution < 1.29 is 14.7 Å². The van der Waals surface area contributed by atoms with Crippen molar-refractivity contribution in [3.8, 4) is 0 Å². The van der Waals surface area contributed by atoms with Crippen molar-refractivity contribution in [2.24, 2.45) is 13.0 Å². The van der Waals surface area contributed by atoms with Crippen molar-refractivity contribution >= 4 is 18.0 Å². The minimum Gasteiger partial charge on any atom is -0.481 e. The van der Waals surface area contributed by atoms with E-state index < -0.39 is 11.9 Å². The number of amides is 1. The molecule has 0 aliphatic carbocycles. The van der Waals surface area contributed by atoms with Crippen LogP contribution in [-0.2, 0) is 16.6 Å². The highest BCUT2D eigenvalue weighted by molar-refractivity contribution is 5.91. The van der Waals surface area contributed by atoms with Crippen LogP contribution in [0.15, 0.2) is 18.3 Å². The standard InChI is InChI=1S/C12H17N3O3/c1-9(12(17)18)8-14(2)11(16)5-4-10-6-7-13-15(10)3/h4-7,9H,8H2,1-3H3,(H,17,18)/b5-4+. The molecular formula is C12H17N3O3. The third-order valence-corrected chi connectivity index (χ3v) is 2.60. The summed E-state index contributed by atoms with van der Waals surface area (Å²) >= 11 is 0. The quantitative estimate of drug-likeness (QED) is 0.778. The average Bonchev–Trinajstić information content (AvgIpc) is 2.71. The Bertz CT molecular complexity index is 465. The summed E-state index contributed by atoms with van der Waals surface area (Å²) in [4.78, 5) is 23.8. The summed E-state index contributed by atoms with van der Waals surface area (Å²) in [6.07, 6.45) is 4.70. The van der Waals surface area contributed by atoms with Crippen LogP contribution in [0, 0.1) is 5.92 Å². The van der Waals surface area contributed by atoms with Gasteiger partial charge in [-0.1, -0.05) is 6.92 Å². The SMILES string of the molecule is CC(CN(C)C(=O)/C=C/c1ccnn1C)C(=O)O. The van der Waals surface area contributed by atoms with Crippen LogP contribution in [0.3, 0.4) is 0 Å². The molecule has 1 atom stereocenters. The lowest BCUT2D eigenvalue weighted by atomic mass is 10.2. The number of rotatable bonds is 5. The molecule has 1 unspecified atom stereocenters. The molecule has 6 nitrogen and oxygen atoms in total. The van der Waals surface area contributed by atoms with E-state index in [0.717, 1.165) is 5.69 Å². The van der Waals surface area contributed by atoms with Crippen molar-refractivity contribution in [2.75, 3.05) is 13.6 Å². The second-order valence-corrected chi connectivity index (χ2v) is 4.17. The van der Waals surface area contributed by atoms with Gasteiger partial charge < -0.3 is 10.0 Å². The van der Waals surface area contributed by atoms with Gasteiger partial charge in [0.2, 0.25) is 5.91 Å². The van der Waals surface area contributed by atoms with E-state index in [9.17, 15) is 9.59 Å². The highest BCUT2D eigenvalue weighted by atomic mass is 16.4. The Hall–Kier alpha value is -2.11. The summed E-state index contributed by atoms with van der Waals surface area (Å²) in [5.74, 6) is -1.72. The molecule has 0 saturated carbocycles. The molecule has 1 amide bonds. The van der Waals surface area contributed by atoms with Gasteiger partial charge in [-0.2, -0.15) is 5.10 Å². The smallest absolute Gasteiger partial charge is 0.308 e. The van der Waals surface area contributed by atoms with Crippen LogP contribution in [0.25, 0.3) is 6.08 Å². The molecule has 0 saturated heterocycles. The topological polar surface area (TPSA) is 75.4 Å². The normalized spacial score (nSPS) is 12.6. The van der Waals surface area contributed by atoms with E-state index in [4.69, 9.17) is 5.11 Å². The fourth-order valence-corrected chi connectivity index (χ4v) is 1.41. The van der Waals surface area contributed by atoms with Gasteiger partial charge >= 0.3 is 5.97 Å². The number of hydrogen-bond acceptors (Lipinski definition) is 3. The third-order valence-electron chi connectivity index (χ3n) is 2.60. The minimum atomic E-state index is -0.912. The van der Waals surface area contributed by atoms with E-state index in [0.29, 0.717) is 0 Å². The molecule has 1 aromatic rings. The van der Waals surface area contributed by atoms with E-state index in [1.54, 1.807) is 44.0 Å². The Kier molecular flexibility index (Phi) is 4.65. The fourth-order valence-electron chi connectivity index (χ4n) is 1.41. The zero-order valence-corrected chi connectivity index (χ0v) is 10.7. The van der Waals surface area contributed by atoms with Gasteiger partial charge in [-0.3, -0.25) is 14.3 Å². The Balaban J connectivity index is 2.58. The van der Waals surface area contributed by atoms with Crippen molar-refractivity contribution in [3.63, 3.8) is 0 Å². The van der Waals surface area contributed by atoms with Crippen molar-refractivity contribution in [3.05, 3.63) is 24.0 Å². The molecule has 98 valence electrons. The zero-order chi connectivity index (χ0) is 13.7. The molecule has 0 spiro atoms. The molecule has 18 heavy (non-hydrogen) atoms. The maximum atomic E-state index is 11.7. The van der Waals surface area contributed by atoms with Gasteiger partial charge in [0.05, 0.1) is 11.6 Å². The molecule has 0 aliphatic heterocycles. The second kappa shape index (κ2) is 6.00. The molecule has 0 bridgehead atoms. The van der Waals surface area contributed by atoms with E-state index >= 15 is 0 Å². The number of likely N-dealkylation sites (N-methyl/N-ethyl adjacent to an activating group) is 1. The van der Waals surface area contributed by atoms with E-state index in [1.807, 2.05) is 0 Å². The largest absolute Gasteiger partial charge is 0.481 e. The molecule has 1 N–H and O–H groups in total. The zero-order valence-electron chi connectivity index (χ0n) is 10.7. The Morgan fingerprint density at radius 2 is 2.28 bits per heavy atom. The van der Waals surface area contributed by atoms with Crippen molar-refractivity contribution in [2.45, 2.75) is 6.92 Å². The first-order chi connectivity index (χ1) is 8.41. The number of aliphatic carboxylic acids is 1. The predicted molar refractivity (Wildman–Crippen MR) is 66.7 cm³/mol. The summed E-state index contributed by atoms with van der Waals surface area (Å²) in [5.41, 5.74) is 0.808. The van der Waals surface area contributed by atoms with E-state index in [1.165, 1.54) is 11.0 Å². The molecule has 0 aromatic carbocycles. The third kappa shape index (κ3) is 3.73. The van der Waals surface area contributed by atoms with Crippen LogP contribution >= 0.6 is 0 Å². The summed E-state index contributed by atoms with van der Waals surface area (Å²) in [6.45, 7) is 1.75. The van der Waals surface area contributed by atoms with Gasteiger partial charge in [-0.15, -0.1) is 0 Å². The lowest BCUT2D eigenvalue weighted by molar-refractivity contribution is -0.142. The van der Waals surface area contributed by atoms with Crippen LogP contribution in [-0.4, -0.2) is 45.3 Å². The summed E-state index contributed by atoms with van der Waals surface area (Å²) < 4.78 is 1.64. The van der Waals surface area contributed by atoms with Crippen molar-refractivity contribution in [1.82, 2.24) is 14.7 Å². The summed E-state index contributed by atoms with van der Waals surface area (Å²) in [6, 6.07) is 1.78. The number of aryl methyl sites for hydroxylation is 1. The molecule has 1 rings (SSSR count). The predicted octanol–water partition coefficient (Wildman–Crippen LogP) is 0.612. The van der Waals surface area contributed by atoms with Crippen LogP contribution in [0.1, 0.15) is 12.6 Å². The van der Waals surface area contributed by atoms with Gasteiger partial charge in [0, 0.05) is 32.9 Å². The lowest BCUT2D eigenvalue weighted by Crippen LogP contribution is -2.32. The highest BCUT2D eigenvalue weighted by Gasteiger charge is 2.15. The molecule has 6 heteroatoms. The first-order valence-electron chi connectivity index (χ1n) is 5.55. The van der Waals surface area contributed by atoms with Gasteiger partial charge in [-0.05, 0) is 12.1 Å².